The van der Waals surface area contributed by atoms with Gasteiger partial charge in [-0.1, -0.05) is 28.1 Å². The van der Waals surface area contributed by atoms with Gasteiger partial charge in [0.05, 0.1) is 11.9 Å². The molecule has 0 unspecified atom stereocenters. The average molecular weight is 350 g/mol. The molecule has 21 heavy (non-hydrogen) atoms. The van der Waals surface area contributed by atoms with Gasteiger partial charge in [-0.05, 0) is 38.5 Å². The highest BCUT2D eigenvalue weighted by Gasteiger charge is 2.09. The normalized spacial score (nSPS) is 11.4. The predicted octanol–water partition coefficient (Wildman–Crippen LogP) is 3.71. The third-order valence-electron chi connectivity index (χ3n) is 2.76. The van der Waals surface area contributed by atoms with E-state index in [1.807, 2.05) is 24.3 Å². The Bertz CT molecular complexity index is 579. The molecule has 0 aliphatic carbocycles. The van der Waals surface area contributed by atoms with Gasteiger partial charge in [-0.15, -0.1) is 0 Å². The van der Waals surface area contributed by atoms with E-state index in [0.717, 1.165) is 15.7 Å². The Labute approximate surface area is 134 Å². The molecule has 1 aromatic heterocycles. The number of rotatable bonds is 5. The van der Waals surface area contributed by atoms with Crippen LogP contribution < -0.4 is 10.1 Å². The van der Waals surface area contributed by atoms with E-state index in [0.29, 0.717) is 19.0 Å². The second-order valence-electron chi connectivity index (χ2n) is 5.87. The molecule has 0 aliphatic rings. The lowest BCUT2D eigenvalue weighted by atomic mass is 10.1. The van der Waals surface area contributed by atoms with Gasteiger partial charge in [-0.25, -0.2) is 4.98 Å². The SMILES string of the molecule is CC(C)(C)NCc1cncc(OCc2ccc(Br)cc2)n1. The summed E-state index contributed by atoms with van der Waals surface area (Å²) in [6.07, 6.45) is 3.39. The van der Waals surface area contributed by atoms with Gasteiger partial charge in [0.15, 0.2) is 0 Å². The van der Waals surface area contributed by atoms with Gasteiger partial charge >= 0.3 is 0 Å². The van der Waals surface area contributed by atoms with Crippen molar-refractivity contribution >= 4 is 15.9 Å². The second kappa shape index (κ2) is 7.00. The zero-order valence-electron chi connectivity index (χ0n) is 12.6. The number of hydrogen-bond acceptors (Lipinski definition) is 4. The first-order valence-corrected chi connectivity index (χ1v) is 7.65. The molecule has 4 nitrogen and oxygen atoms in total. The van der Waals surface area contributed by atoms with Crippen LogP contribution in [0.4, 0.5) is 0 Å². The number of nitrogens with zero attached hydrogens (tertiary/aromatic N) is 2. The Morgan fingerprint density at radius 3 is 2.52 bits per heavy atom. The summed E-state index contributed by atoms with van der Waals surface area (Å²) >= 11 is 3.41. The summed E-state index contributed by atoms with van der Waals surface area (Å²) in [6.45, 7) is 7.51. The minimum atomic E-state index is 0.0516. The minimum Gasteiger partial charge on any atom is -0.472 e. The van der Waals surface area contributed by atoms with Crippen LogP contribution in [0.2, 0.25) is 0 Å². The van der Waals surface area contributed by atoms with Gasteiger partial charge in [0.25, 0.3) is 0 Å². The van der Waals surface area contributed by atoms with Gasteiger partial charge < -0.3 is 10.1 Å². The van der Waals surface area contributed by atoms with Crippen LogP contribution in [0.5, 0.6) is 5.88 Å². The van der Waals surface area contributed by atoms with Crippen molar-refractivity contribution in [3.8, 4) is 5.88 Å². The lowest BCUT2D eigenvalue weighted by Gasteiger charge is -2.20. The molecule has 0 aliphatic heterocycles. The van der Waals surface area contributed by atoms with Crippen LogP contribution in [-0.4, -0.2) is 15.5 Å². The largest absolute Gasteiger partial charge is 0.472 e. The second-order valence-corrected chi connectivity index (χ2v) is 6.78. The Kier molecular flexibility index (Phi) is 5.31. The Hall–Kier alpha value is -1.46. The van der Waals surface area contributed by atoms with E-state index in [1.54, 1.807) is 12.4 Å². The smallest absolute Gasteiger partial charge is 0.232 e. The third kappa shape index (κ3) is 5.81. The monoisotopic (exact) mass is 349 g/mol. The summed E-state index contributed by atoms with van der Waals surface area (Å²) in [5, 5.41) is 3.38. The maximum absolute atomic E-state index is 5.69. The van der Waals surface area contributed by atoms with Crippen molar-refractivity contribution in [3.05, 3.63) is 52.4 Å². The van der Waals surface area contributed by atoms with Crippen LogP contribution in [0.3, 0.4) is 0 Å². The van der Waals surface area contributed by atoms with Gasteiger partial charge in [0, 0.05) is 22.8 Å². The number of hydrogen-bond donors (Lipinski definition) is 1. The Balaban J connectivity index is 1.93. The fraction of sp³-hybridized carbons (Fsp3) is 0.375. The lowest BCUT2D eigenvalue weighted by molar-refractivity contribution is 0.290. The molecule has 1 aromatic carbocycles. The fourth-order valence-electron chi connectivity index (χ4n) is 1.63. The molecule has 0 bridgehead atoms. The molecule has 2 aromatic rings. The van der Waals surface area contributed by atoms with Gasteiger partial charge in [-0.2, -0.15) is 0 Å². The number of ether oxygens (including phenoxy) is 1. The van der Waals surface area contributed by atoms with Crippen LogP contribution in [0.1, 0.15) is 32.0 Å². The first kappa shape index (κ1) is 15.9. The van der Waals surface area contributed by atoms with Gasteiger partial charge in [-0.3, -0.25) is 4.98 Å². The van der Waals surface area contributed by atoms with Crippen LogP contribution in [-0.2, 0) is 13.2 Å². The van der Waals surface area contributed by atoms with E-state index in [4.69, 9.17) is 4.74 Å². The standard InChI is InChI=1S/C16H20BrN3O/c1-16(2,3)19-9-14-8-18-10-15(20-14)21-11-12-4-6-13(17)7-5-12/h4-8,10,19H,9,11H2,1-3H3. The van der Waals surface area contributed by atoms with Crippen molar-refractivity contribution in [1.82, 2.24) is 15.3 Å². The van der Waals surface area contributed by atoms with E-state index in [-0.39, 0.29) is 5.54 Å². The van der Waals surface area contributed by atoms with E-state index >= 15 is 0 Å². The molecule has 5 heteroatoms. The quantitative estimate of drug-likeness (QED) is 0.893. The third-order valence-corrected chi connectivity index (χ3v) is 3.29. The van der Waals surface area contributed by atoms with Crippen LogP contribution in [0.25, 0.3) is 0 Å². The predicted molar refractivity (Wildman–Crippen MR) is 87.1 cm³/mol. The van der Waals surface area contributed by atoms with Crippen molar-refractivity contribution in [2.24, 2.45) is 0 Å². The van der Waals surface area contributed by atoms with Crippen molar-refractivity contribution < 1.29 is 4.74 Å². The molecule has 0 spiro atoms. The van der Waals surface area contributed by atoms with E-state index < -0.39 is 0 Å². The van der Waals surface area contributed by atoms with Crippen molar-refractivity contribution in [2.45, 2.75) is 39.5 Å². The van der Waals surface area contributed by atoms with Crippen LogP contribution >= 0.6 is 15.9 Å². The molecule has 0 amide bonds. The summed E-state index contributed by atoms with van der Waals surface area (Å²) in [5.41, 5.74) is 2.02. The Morgan fingerprint density at radius 2 is 1.86 bits per heavy atom. The number of halogens is 1. The summed E-state index contributed by atoms with van der Waals surface area (Å²) in [7, 11) is 0. The first-order valence-electron chi connectivity index (χ1n) is 6.85. The topological polar surface area (TPSA) is 47.0 Å². The summed E-state index contributed by atoms with van der Waals surface area (Å²) in [6, 6.07) is 8.02. The van der Waals surface area contributed by atoms with Gasteiger partial charge in [0.1, 0.15) is 6.61 Å². The summed E-state index contributed by atoms with van der Waals surface area (Å²) in [5.74, 6) is 0.547. The fourth-order valence-corrected chi connectivity index (χ4v) is 1.90. The molecule has 0 radical (unpaired) electrons. The summed E-state index contributed by atoms with van der Waals surface area (Å²) in [4.78, 5) is 8.63. The summed E-state index contributed by atoms with van der Waals surface area (Å²) < 4.78 is 6.74. The zero-order valence-corrected chi connectivity index (χ0v) is 14.1. The molecule has 0 saturated carbocycles. The number of nitrogens with one attached hydrogen (secondary N) is 1. The molecule has 0 fully saturated rings. The minimum absolute atomic E-state index is 0.0516. The van der Waals surface area contributed by atoms with E-state index in [1.165, 1.54) is 0 Å². The Morgan fingerprint density at radius 1 is 1.14 bits per heavy atom. The molecule has 1 N–H and O–H groups in total. The number of aromatic nitrogens is 2. The highest BCUT2D eigenvalue weighted by molar-refractivity contribution is 9.10. The van der Waals surface area contributed by atoms with E-state index in [2.05, 4.69) is 52.0 Å². The van der Waals surface area contributed by atoms with Crippen molar-refractivity contribution in [2.75, 3.05) is 0 Å². The first-order chi connectivity index (χ1) is 9.92. The lowest BCUT2D eigenvalue weighted by Crippen LogP contribution is -2.35. The highest BCUT2D eigenvalue weighted by Crippen LogP contribution is 2.13. The highest BCUT2D eigenvalue weighted by atomic mass is 79.9. The molecule has 112 valence electrons. The van der Waals surface area contributed by atoms with Crippen LogP contribution in [0, 0.1) is 0 Å². The zero-order chi connectivity index (χ0) is 15.3. The van der Waals surface area contributed by atoms with Crippen LogP contribution in [0.15, 0.2) is 41.1 Å². The molecular formula is C16H20BrN3O. The maximum atomic E-state index is 5.69. The molecule has 0 atom stereocenters. The van der Waals surface area contributed by atoms with Gasteiger partial charge in [0.2, 0.25) is 5.88 Å². The molecule has 1 heterocycles. The molecule has 0 saturated heterocycles. The maximum Gasteiger partial charge on any atom is 0.232 e. The van der Waals surface area contributed by atoms with E-state index in [9.17, 15) is 0 Å². The molecular weight excluding hydrogens is 330 g/mol. The number of benzene rings is 1. The average Bonchev–Trinajstić information content (AvgIpc) is 2.44. The molecule has 2 rings (SSSR count). The van der Waals surface area contributed by atoms with Crippen molar-refractivity contribution in [3.63, 3.8) is 0 Å². The van der Waals surface area contributed by atoms with Crippen molar-refractivity contribution in [1.29, 1.82) is 0 Å².